The summed E-state index contributed by atoms with van der Waals surface area (Å²) >= 11 is 0. The summed E-state index contributed by atoms with van der Waals surface area (Å²) in [7, 11) is 5.59. The molecule has 0 aliphatic carbocycles. The van der Waals surface area contributed by atoms with Crippen LogP contribution in [0.25, 0.3) is 0 Å². The third kappa shape index (κ3) is 2.74. The largest absolute Gasteiger partial charge is 0.355 e. The summed E-state index contributed by atoms with van der Waals surface area (Å²) in [6.45, 7) is 0.858. The van der Waals surface area contributed by atoms with Gasteiger partial charge < -0.3 is 14.8 Å². The normalized spacial score (nSPS) is 33.9. The van der Waals surface area contributed by atoms with Crippen LogP contribution in [-0.2, 0) is 9.47 Å². The molecule has 0 aromatic carbocycles. The van der Waals surface area contributed by atoms with Gasteiger partial charge in [-0.15, -0.1) is 0 Å². The van der Waals surface area contributed by atoms with Crippen LogP contribution >= 0.6 is 0 Å². The van der Waals surface area contributed by atoms with Crippen molar-refractivity contribution in [3.05, 3.63) is 0 Å². The van der Waals surface area contributed by atoms with E-state index in [-0.39, 0.29) is 6.29 Å². The number of methoxy groups -OCH3 is 2. The maximum Gasteiger partial charge on any atom is 0.169 e. The Morgan fingerprint density at radius 2 is 1.75 bits per heavy atom. The van der Waals surface area contributed by atoms with E-state index in [1.165, 1.54) is 25.7 Å². The monoisotopic (exact) mass is 228 g/mol. The Morgan fingerprint density at radius 1 is 1.19 bits per heavy atom. The lowest BCUT2D eigenvalue weighted by Gasteiger charge is -2.36. The number of ether oxygens (including phenoxy) is 2. The number of nitrogens with one attached hydrogen (secondary N) is 1. The third-order valence-corrected chi connectivity index (χ3v) is 4.03. The molecule has 0 saturated carbocycles. The fraction of sp³-hybridized carbons (Fsp3) is 1.00. The number of hydrogen-bond acceptors (Lipinski definition) is 4. The predicted molar refractivity (Wildman–Crippen MR) is 63.4 cm³/mol. The summed E-state index contributed by atoms with van der Waals surface area (Å²) < 4.78 is 10.5. The summed E-state index contributed by atoms with van der Waals surface area (Å²) in [5.74, 6) is 0. The second kappa shape index (κ2) is 5.45. The number of likely N-dealkylation sites (N-methyl/N-ethyl adjacent to an activating group) is 1. The highest BCUT2D eigenvalue weighted by Crippen LogP contribution is 2.29. The highest BCUT2D eigenvalue weighted by molar-refractivity contribution is 4.95. The quantitative estimate of drug-likeness (QED) is 0.706. The van der Waals surface area contributed by atoms with E-state index in [4.69, 9.17) is 9.47 Å². The van der Waals surface area contributed by atoms with Crippen LogP contribution < -0.4 is 5.32 Å². The van der Waals surface area contributed by atoms with Crippen molar-refractivity contribution >= 4 is 0 Å². The Labute approximate surface area is 98.3 Å². The molecule has 1 N–H and O–H groups in total. The van der Waals surface area contributed by atoms with Crippen molar-refractivity contribution in [2.24, 2.45) is 0 Å². The molecule has 2 heterocycles. The minimum atomic E-state index is -0.0995. The van der Waals surface area contributed by atoms with Crippen LogP contribution in [0, 0.1) is 0 Å². The molecule has 2 saturated heterocycles. The van der Waals surface area contributed by atoms with Gasteiger partial charge in [-0.2, -0.15) is 0 Å². The first-order chi connectivity index (χ1) is 7.72. The van der Waals surface area contributed by atoms with Gasteiger partial charge in [-0.1, -0.05) is 0 Å². The van der Waals surface area contributed by atoms with E-state index in [0.29, 0.717) is 6.04 Å². The summed E-state index contributed by atoms with van der Waals surface area (Å²) in [6, 6.07) is 2.18. The molecule has 4 heteroatoms. The van der Waals surface area contributed by atoms with Gasteiger partial charge >= 0.3 is 0 Å². The fourth-order valence-corrected chi connectivity index (χ4v) is 3.02. The first-order valence-electron chi connectivity index (χ1n) is 6.24. The molecule has 4 nitrogen and oxygen atoms in total. The highest BCUT2D eigenvalue weighted by atomic mass is 16.7. The second-order valence-electron chi connectivity index (χ2n) is 5.10. The molecule has 0 amide bonds. The van der Waals surface area contributed by atoms with Gasteiger partial charge in [0.2, 0.25) is 0 Å². The summed E-state index contributed by atoms with van der Waals surface area (Å²) in [6.07, 6.45) is 5.15. The number of nitrogens with zero attached hydrogens (tertiary/aromatic N) is 1. The van der Waals surface area contributed by atoms with E-state index in [1.54, 1.807) is 14.2 Å². The Morgan fingerprint density at radius 3 is 2.25 bits per heavy atom. The smallest absolute Gasteiger partial charge is 0.169 e. The van der Waals surface area contributed by atoms with Crippen LogP contribution in [0.1, 0.15) is 25.7 Å². The molecule has 0 aromatic rings. The van der Waals surface area contributed by atoms with E-state index < -0.39 is 0 Å². The number of rotatable bonds is 5. The zero-order valence-electron chi connectivity index (χ0n) is 10.6. The molecule has 0 spiro atoms. The molecule has 2 unspecified atom stereocenters. The average molecular weight is 228 g/mol. The van der Waals surface area contributed by atoms with Crippen molar-refractivity contribution in [2.75, 3.05) is 27.8 Å². The van der Waals surface area contributed by atoms with Crippen LogP contribution in [0.3, 0.4) is 0 Å². The van der Waals surface area contributed by atoms with Crippen molar-refractivity contribution in [1.82, 2.24) is 10.2 Å². The third-order valence-electron chi connectivity index (χ3n) is 4.03. The standard InChI is InChI=1S/C12H24N2O2/c1-14(8-12(15-2)16-3)11-6-9-4-5-10(7-11)13-9/h9-13H,4-8H2,1-3H3. The van der Waals surface area contributed by atoms with Gasteiger partial charge in [0.15, 0.2) is 6.29 Å². The van der Waals surface area contributed by atoms with E-state index in [9.17, 15) is 0 Å². The molecule has 2 fully saturated rings. The lowest BCUT2D eigenvalue weighted by atomic mass is 9.98. The molecule has 2 aliphatic rings. The molecule has 94 valence electrons. The van der Waals surface area contributed by atoms with Crippen LogP contribution in [0.5, 0.6) is 0 Å². The van der Waals surface area contributed by atoms with Crippen LogP contribution in [0.2, 0.25) is 0 Å². The Kier molecular flexibility index (Phi) is 4.19. The molecule has 2 bridgehead atoms. The molecule has 0 radical (unpaired) electrons. The van der Waals surface area contributed by atoms with Crippen LogP contribution in [0.4, 0.5) is 0 Å². The summed E-state index contributed by atoms with van der Waals surface area (Å²) in [4.78, 5) is 2.39. The van der Waals surface area contributed by atoms with Gasteiger partial charge in [0, 0.05) is 38.9 Å². The molecule has 2 rings (SSSR count). The Bertz CT molecular complexity index is 209. The van der Waals surface area contributed by atoms with E-state index >= 15 is 0 Å². The second-order valence-corrected chi connectivity index (χ2v) is 5.10. The van der Waals surface area contributed by atoms with Crippen molar-refractivity contribution in [2.45, 2.75) is 50.1 Å². The van der Waals surface area contributed by atoms with Gasteiger partial charge in [0.25, 0.3) is 0 Å². The molecule has 0 aromatic heterocycles. The first-order valence-corrected chi connectivity index (χ1v) is 6.24. The van der Waals surface area contributed by atoms with Crippen LogP contribution in [-0.4, -0.2) is 57.1 Å². The molecule has 16 heavy (non-hydrogen) atoms. The summed E-state index contributed by atoms with van der Waals surface area (Å²) in [5.41, 5.74) is 0. The van der Waals surface area contributed by atoms with Gasteiger partial charge in [-0.25, -0.2) is 0 Å². The summed E-state index contributed by atoms with van der Waals surface area (Å²) in [5, 5.41) is 3.67. The first kappa shape index (κ1) is 12.3. The number of fused-ring (bicyclic) bond motifs is 2. The number of piperidine rings is 1. The maximum absolute atomic E-state index is 5.25. The van der Waals surface area contributed by atoms with Gasteiger partial charge in [-0.05, 0) is 32.7 Å². The minimum Gasteiger partial charge on any atom is -0.355 e. The van der Waals surface area contributed by atoms with Crippen LogP contribution in [0.15, 0.2) is 0 Å². The molecule has 2 atom stereocenters. The Hall–Kier alpha value is -0.160. The van der Waals surface area contributed by atoms with E-state index in [0.717, 1.165) is 18.6 Å². The lowest BCUT2D eigenvalue weighted by molar-refractivity contribution is -0.118. The highest BCUT2D eigenvalue weighted by Gasteiger charge is 2.35. The lowest BCUT2D eigenvalue weighted by Crippen LogP contribution is -2.48. The SMILES string of the molecule is COC(CN(C)C1CC2CCC(C1)N2)OC. The molecule has 2 aliphatic heterocycles. The van der Waals surface area contributed by atoms with Crippen molar-refractivity contribution in [3.63, 3.8) is 0 Å². The predicted octanol–water partition coefficient (Wildman–Crippen LogP) is 0.820. The van der Waals surface area contributed by atoms with Gasteiger partial charge in [-0.3, -0.25) is 4.90 Å². The van der Waals surface area contributed by atoms with Crippen molar-refractivity contribution in [3.8, 4) is 0 Å². The molecular formula is C12H24N2O2. The zero-order chi connectivity index (χ0) is 11.5. The van der Waals surface area contributed by atoms with Crippen molar-refractivity contribution in [1.29, 1.82) is 0 Å². The van der Waals surface area contributed by atoms with E-state index in [1.807, 2.05) is 0 Å². The molecular weight excluding hydrogens is 204 g/mol. The average Bonchev–Trinajstić information content (AvgIpc) is 2.64. The number of hydrogen-bond donors (Lipinski definition) is 1. The zero-order valence-corrected chi connectivity index (χ0v) is 10.6. The van der Waals surface area contributed by atoms with Crippen molar-refractivity contribution < 1.29 is 9.47 Å². The minimum absolute atomic E-state index is 0.0995. The Balaban J connectivity index is 1.82. The fourth-order valence-electron chi connectivity index (χ4n) is 3.02. The van der Waals surface area contributed by atoms with Gasteiger partial charge in [0.05, 0.1) is 0 Å². The van der Waals surface area contributed by atoms with Gasteiger partial charge in [0.1, 0.15) is 0 Å². The topological polar surface area (TPSA) is 33.7 Å². The van der Waals surface area contributed by atoms with E-state index in [2.05, 4.69) is 17.3 Å². The maximum atomic E-state index is 5.25.